The van der Waals surface area contributed by atoms with Crippen LogP contribution in [0.15, 0.2) is 30.5 Å². The van der Waals surface area contributed by atoms with Crippen molar-refractivity contribution in [1.29, 1.82) is 0 Å². The Bertz CT molecular complexity index is 514. The molecule has 18 heavy (non-hydrogen) atoms. The molecule has 0 aliphatic carbocycles. The SMILES string of the molecule is CCc1ccc(CC(O)c2cnn(C)c2C)cc1. The summed E-state index contributed by atoms with van der Waals surface area (Å²) >= 11 is 0. The summed E-state index contributed by atoms with van der Waals surface area (Å²) < 4.78 is 1.79. The molecule has 0 aliphatic heterocycles. The number of hydrogen-bond acceptors (Lipinski definition) is 2. The van der Waals surface area contributed by atoms with Crippen LogP contribution < -0.4 is 0 Å². The molecule has 0 bridgehead atoms. The van der Waals surface area contributed by atoms with Gasteiger partial charge in [-0.25, -0.2) is 0 Å². The van der Waals surface area contributed by atoms with Gasteiger partial charge in [-0.3, -0.25) is 4.68 Å². The molecule has 2 rings (SSSR count). The van der Waals surface area contributed by atoms with Crippen molar-refractivity contribution in [2.75, 3.05) is 0 Å². The number of aromatic nitrogens is 2. The smallest absolute Gasteiger partial charge is 0.0863 e. The van der Waals surface area contributed by atoms with E-state index < -0.39 is 6.10 Å². The zero-order chi connectivity index (χ0) is 13.1. The molecule has 0 saturated heterocycles. The van der Waals surface area contributed by atoms with Gasteiger partial charge >= 0.3 is 0 Å². The molecule has 3 heteroatoms. The second-order valence-corrected chi connectivity index (χ2v) is 4.70. The van der Waals surface area contributed by atoms with Gasteiger partial charge in [0.2, 0.25) is 0 Å². The average Bonchev–Trinajstić information content (AvgIpc) is 2.71. The normalized spacial score (nSPS) is 12.7. The van der Waals surface area contributed by atoms with Crippen LogP contribution in [0.4, 0.5) is 0 Å². The molecule has 2 aromatic rings. The Hall–Kier alpha value is -1.61. The lowest BCUT2D eigenvalue weighted by molar-refractivity contribution is 0.177. The molecule has 0 saturated carbocycles. The summed E-state index contributed by atoms with van der Waals surface area (Å²) in [5, 5.41) is 14.4. The molecule has 0 radical (unpaired) electrons. The van der Waals surface area contributed by atoms with Gasteiger partial charge in [0.05, 0.1) is 12.3 Å². The lowest BCUT2D eigenvalue weighted by Gasteiger charge is -2.10. The third-order valence-corrected chi connectivity index (χ3v) is 3.49. The standard InChI is InChI=1S/C15H20N2O/c1-4-12-5-7-13(8-6-12)9-15(18)14-10-16-17(3)11(14)2/h5-8,10,15,18H,4,9H2,1-3H3. The largest absolute Gasteiger partial charge is 0.388 e. The van der Waals surface area contributed by atoms with Crippen molar-refractivity contribution < 1.29 is 5.11 Å². The molecule has 1 aromatic carbocycles. The molecule has 0 fully saturated rings. The van der Waals surface area contributed by atoms with E-state index in [1.807, 2.05) is 14.0 Å². The topological polar surface area (TPSA) is 38.1 Å². The van der Waals surface area contributed by atoms with Crippen LogP contribution in [0, 0.1) is 6.92 Å². The van der Waals surface area contributed by atoms with E-state index in [-0.39, 0.29) is 0 Å². The average molecular weight is 244 g/mol. The minimum atomic E-state index is -0.480. The molecular weight excluding hydrogens is 224 g/mol. The monoisotopic (exact) mass is 244 g/mol. The number of aliphatic hydroxyl groups excluding tert-OH is 1. The second kappa shape index (κ2) is 5.36. The fraction of sp³-hybridized carbons (Fsp3) is 0.400. The van der Waals surface area contributed by atoms with Crippen molar-refractivity contribution in [3.63, 3.8) is 0 Å². The number of aliphatic hydroxyl groups is 1. The first-order chi connectivity index (χ1) is 8.61. The van der Waals surface area contributed by atoms with Crippen LogP contribution in [-0.2, 0) is 19.9 Å². The number of hydrogen-bond donors (Lipinski definition) is 1. The van der Waals surface area contributed by atoms with E-state index in [1.54, 1.807) is 10.9 Å². The summed E-state index contributed by atoms with van der Waals surface area (Å²) in [6.07, 6.45) is 2.95. The molecule has 0 spiro atoms. The summed E-state index contributed by atoms with van der Waals surface area (Å²) in [6, 6.07) is 8.43. The highest BCUT2D eigenvalue weighted by Gasteiger charge is 2.14. The van der Waals surface area contributed by atoms with Crippen molar-refractivity contribution in [2.45, 2.75) is 32.8 Å². The second-order valence-electron chi connectivity index (χ2n) is 4.70. The van der Waals surface area contributed by atoms with Crippen LogP contribution >= 0.6 is 0 Å². The first-order valence-corrected chi connectivity index (χ1v) is 6.36. The Morgan fingerprint density at radius 1 is 1.22 bits per heavy atom. The number of nitrogens with zero attached hydrogens (tertiary/aromatic N) is 2. The van der Waals surface area contributed by atoms with E-state index >= 15 is 0 Å². The van der Waals surface area contributed by atoms with E-state index in [9.17, 15) is 5.11 Å². The van der Waals surface area contributed by atoms with Gasteiger partial charge in [0.1, 0.15) is 0 Å². The Morgan fingerprint density at radius 3 is 2.33 bits per heavy atom. The molecule has 1 unspecified atom stereocenters. The molecule has 1 N–H and O–H groups in total. The Balaban J connectivity index is 2.11. The lowest BCUT2D eigenvalue weighted by atomic mass is 10.0. The van der Waals surface area contributed by atoms with Gasteiger partial charge in [0.25, 0.3) is 0 Å². The minimum absolute atomic E-state index is 0.480. The predicted molar refractivity (Wildman–Crippen MR) is 72.4 cm³/mol. The number of rotatable bonds is 4. The van der Waals surface area contributed by atoms with Crippen LogP contribution in [0.3, 0.4) is 0 Å². The fourth-order valence-electron chi connectivity index (χ4n) is 2.09. The van der Waals surface area contributed by atoms with Gasteiger partial charge < -0.3 is 5.11 Å². The predicted octanol–water partition coefficient (Wildman–Crippen LogP) is 2.57. The number of aryl methyl sites for hydroxylation is 2. The third kappa shape index (κ3) is 2.62. The van der Waals surface area contributed by atoms with E-state index in [1.165, 1.54) is 5.56 Å². The van der Waals surface area contributed by atoms with Crippen molar-refractivity contribution in [1.82, 2.24) is 9.78 Å². The van der Waals surface area contributed by atoms with Gasteiger partial charge in [-0.1, -0.05) is 31.2 Å². The molecule has 96 valence electrons. The Kier molecular flexibility index (Phi) is 3.82. The third-order valence-electron chi connectivity index (χ3n) is 3.49. The maximum atomic E-state index is 10.2. The van der Waals surface area contributed by atoms with Crippen molar-refractivity contribution >= 4 is 0 Å². The van der Waals surface area contributed by atoms with Gasteiger partial charge in [0, 0.05) is 24.7 Å². The van der Waals surface area contributed by atoms with Crippen molar-refractivity contribution in [3.05, 3.63) is 52.8 Å². The maximum Gasteiger partial charge on any atom is 0.0863 e. The van der Waals surface area contributed by atoms with Gasteiger partial charge in [-0.05, 0) is 24.5 Å². The van der Waals surface area contributed by atoms with Crippen LogP contribution in [0.2, 0.25) is 0 Å². The first kappa shape index (κ1) is 12.8. The summed E-state index contributed by atoms with van der Waals surface area (Å²) in [4.78, 5) is 0. The summed E-state index contributed by atoms with van der Waals surface area (Å²) in [5.74, 6) is 0. The summed E-state index contributed by atoms with van der Waals surface area (Å²) in [7, 11) is 1.89. The summed E-state index contributed by atoms with van der Waals surface area (Å²) in [6.45, 7) is 4.12. The van der Waals surface area contributed by atoms with Crippen LogP contribution in [-0.4, -0.2) is 14.9 Å². The van der Waals surface area contributed by atoms with Crippen LogP contribution in [0.1, 0.15) is 35.4 Å². The number of benzene rings is 1. The summed E-state index contributed by atoms with van der Waals surface area (Å²) in [5.41, 5.74) is 4.42. The van der Waals surface area contributed by atoms with Gasteiger partial charge in [-0.2, -0.15) is 5.10 Å². The van der Waals surface area contributed by atoms with Gasteiger partial charge in [-0.15, -0.1) is 0 Å². The molecule has 1 atom stereocenters. The van der Waals surface area contributed by atoms with Crippen molar-refractivity contribution in [3.8, 4) is 0 Å². The highest BCUT2D eigenvalue weighted by molar-refractivity contribution is 5.26. The highest BCUT2D eigenvalue weighted by Crippen LogP contribution is 2.21. The molecule has 0 amide bonds. The van der Waals surface area contributed by atoms with Gasteiger partial charge in [0.15, 0.2) is 0 Å². The van der Waals surface area contributed by atoms with Crippen LogP contribution in [0.5, 0.6) is 0 Å². The molecule has 1 aromatic heterocycles. The fourth-order valence-corrected chi connectivity index (χ4v) is 2.09. The molecular formula is C15H20N2O. The van der Waals surface area contributed by atoms with E-state index in [0.717, 1.165) is 23.2 Å². The van der Waals surface area contributed by atoms with Crippen molar-refractivity contribution in [2.24, 2.45) is 7.05 Å². The van der Waals surface area contributed by atoms with E-state index in [0.29, 0.717) is 6.42 Å². The van der Waals surface area contributed by atoms with Crippen LogP contribution in [0.25, 0.3) is 0 Å². The molecule has 3 nitrogen and oxygen atoms in total. The maximum absolute atomic E-state index is 10.2. The lowest BCUT2D eigenvalue weighted by Crippen LogP contribution is -2.04. The molecule has 1 heterocycles. The Labute approximate surface area is 108 Å². The highest BCUT2D eigenvalue weighted by atomic mass is 16.3. The quantitative estimate of drug-likeness (QED) is 0.897. The Morgan fingerprint density at radius 2 is 1.83 bits per heavy atom. The first-order valence-electron chi connectivity index (χ1n) is 6.36. The molecule has 0 aliphatic rings. The zero-order valence-electron chi connectivity index (χ0n) is 11.2. The van der Waals surface area contributed by atoms with E-state index in [2.05, 4.69) is 36.3 Å². The minimum Gasteiger partial charge on any atom is -0.388 e. The van der Waals surface area contributed by atoms with E-state index in [4.69, 9.17) is 0 Å². The zero-order valence-corrected chi connectivity index (χ0v) is 11.2.